The molecule has 1 aromatic heterocycles. The molecule has 0 bridgehead atoms. The molecule has 2 aromatic carbocycles. The number of rotatable bonds is 3. The van der Waals surface area contributed by atoms with E-state index in [-0.39, 0.29) is 5.82 Å². The lowest BCUT2D eigenvalue weighted by atomic mass is 10.1. The van der Waals surface area contributed by atoms with Crippen LogP contribution in [0.2, 0.25) is 0 Å². The Labute approximate surface area is 127 Å². The lowest BCUT2D eigenvalue weighted by Crippen LogP contribution is -2.07. The maximum atomic E-state index is 13.2. The van der Waals surface area contributed by atoms with Crippen LogP contribution in [0.25, 0.3) is 16.6 Å². The number of halogens is 1. The fraction of sp³-hybridized carbons (Fsp3) is 0.167. The summed E-state index contributed by atoms with van der Waals surface area (Å²) in [5, 5.41) is 20.7. The van der Waals surface area contributed by atoms with Gasteiger partial charge in [-0.2, -0.15) is 5.26 Å². The number of nitrogens with zero attached hydrogens (tertiary/aromatic N) is 2. The van der Waals surface area contributed by atoms with Gasteiger partial charge in [0, 0.05) is 11.1 Å². The third-order valence-electron chi connectivity index (χ3n) is 3.81. The Morgan fingerprint density at radius 2 is 1.86 bits per heavy atom. The average molecular weight is 294 g/mol. The number of hydrogen-bond donors (Lipinski definition) is 1. The zero-order valence-electron chi connectivity index (χ0n) is 12.1. The molecule has 4 heteroatoms. The Morgan fingerprint density at radius 3 is 2.50 bits per heavy atom. The number of nitriles is 1. The number of hydrogen-bond acceptors (Lipinski definition) is 2. The van der Waals surface area contributed by atoms with Crippen molar-refractivity contribution in [3.8, 4) is 11.8 Å². The van der Waals surface area contributed by atoms with E-state index >= 15 is 0 Å². The second kappa shape index (κ2) is 5.63. The minimum atomic E-state index is -0.757. The van der Waals surface area contributed by atoms with E-state index in [1.807, 2.05) is 35.8 Å². The summed E-state index contributed by atoms with van der Waals surface area (Å²) in [7, 11) is 0. The summed E-state index contributed by atoms with van der Waals surface area (Å²) >= 11 is 0. The Balaban J connectivity index is 2.41. The van der Waals surface area contributed by atoms with E-state index in [2.05, 4.69) is 6.07 Å². The van der Waals surface area contributed by atoms with Crippen LogP contribution in [0, 0.1) is 17.1 Å². The third kappa shape index (κ3) is 2.16. The van der Waals surface area contributed by atoms with Gasteiger partial charge in [-0.05, 0) is 36.8 Å². The molecule has 0 fully saturated rings. The van der Waals surface area contributed by atoms with E-state index in [1.165, 1.54) is 12.1 Å². The molecular formula is C18H15FN2O. The second-order valence-corrected chi connectivity index (χ2v) is 5.13. The first-order chi connectivity index (χ1) is 10.7. The SMILES string of the molecule is CCC(O)c1c(C#N)c2ccccc2n1-c1ccc(F)cc1. The van der Waals surface area contributed by atoms with Crippen LogP contribution in [0.5, 0.6) is 0 Å². The van der Waals surface area contributed by atoms with Gasteiger partial charge >= 0.3 is 0 Å². The van der Waals surface area contributed by atoms with Gasteiger partial charge in [0.15, 0.2) is 0 Å². The van der Waals surface area contributed by atoms with Gasteiger partial charge in [0.25, 0.3) is 0 Å². The molecule has 1 atom stereocenters. The highest BCUT2D eigenvalue weighted by molar-refractivity contribution is 5.89. The van der Waals surface area contributed by atoms with Gasteiger partial charge < -0.3 is 9.67 Å². The van der Waals surface area contributed by atoms with Crippen LogP contribution in [-0.4, -0.2) is 9.67 Å². The van der Waals surface area contributed by atoms with Crippen LogP contribution < -0.4 is 0 Å². The number of para-hydroxylation sites is 1. The summed E-state index contributed by atoms with van der Waals surface area (Å²) in [5.74, 6) is -0.321. The highest BCUT2D eigenvalue weighted by atomic mass is 19.1. The van der Waals surface area contributed by atoms with Crippen LogP contribution in [0.3, 0.4) is 0 Å². The molecule has 3 rings (SSSR count). The van der Waals surface area contributed by atoms with E-state index in [1.54, 1.807) is 12.1 Å². The lowest BCUT2D eigenvalue weighted by molar-refractivity contribution is 0.167. The molecule has 1 N–H and O–H groups in total. The number of aromatic nitrogens is 1. The van der Waals surface area contributed by atoms with Gasteiger partial charge in [-0.3, -0.25) is 0 Å². The number of benzene rings is 2. The van der Waals surface area contributed by atoms with E-state index in [0.717, 1.165) is 16.6 Å². The largest absolute Gasteiger partial charge is 0.387 e. The molecule has 0 aliphatic heterocycles. The van der Waals surface area contributed by atoms with Crippen molar-refractivity contribution in [3.63, 3.8) is 0 Å². The molecule has 3 aromatic rings. The highest BCUT2D eigenvalue weighted by Gasteiger charge is 2.22. The Morgan fingerprint density at radius 1 is 1.18 bits per heavy atom. The summed E-state index contributed by atoms with van der Waals surface area (Å²) in [5.41, 5.74) is 2.57. The van der Waals surface area contributed by atoms with Gasteiger partial charge in [0.2, 0.25) is 0 Å². The normalized spacial score (nSPS) is 12.3. The molecule has 0 aliphatic carbocycles. The first kappa shape index (κ1) is 14.3. The van der Waals surface area contributed by atoms with Crippen molar-refractivity contribution in [2.45, 2.75) is 19.4 Å². The Hall–Kier alpha value is -2.64. The molecule has 0 amide bonds. The quantitative estimate of drug-likeness (QED) is 0.791. The summed E-state index contributed by atoms with van der Waals surface area (Å²) in [4.78, 5) is 0. The predicted molar refractivity (Wildman–Crippen MR) is 83.2 cm³/mol. The van der Waals surface area contributed by atoms with Crippen LogP contribution >= 0.6 is 0 Å². The Kier molecular flexibility index (Phi) is 3.66. The molecule has 110 valence electrons. The average Bonchev–Trinajstić information content (AvgIpc) is 2.89. The predicted octanol–water partition coefficient (Wildman–Crippen LogP) is 4.08. The maximum absolute atomic E-state index is 13.2. The van der Waals surface area contributed by atoms with E-state index in [4.69, 9.17) is 0 Å². The smallest absolute Gasteiger partial charge is 0.123 e. The summed E-state index contributed by atoms with van der Waals surface area (Å²) in [6, 6.07) is 15.7. The van der Waals surface area contributed by atoms with Gasteiger partial charge in [-0.25, -0.2) is 4.39 Å². The van der Waals surface area contributed by atoms with E-state index in [9.17, 15) is 14.8 Å². The molecule has 22 heavy (non-hydrogen) atoms. The molecule has 0 spiro atoms. The third-order valence-corrected chi connectivity index (χ3v) is 3.81. The van der Waals surface area contributed by atoms with Crippen molar-refractivity contribution in [2.24, 2.45) is 0 Å². The number of aliphatic hydroxyl groups is 1. The zero-order chi connectivity index (χ0) is 15.7. The summed E-state index contributed by atoms with van der Waals surface area (Å²) in [6.45, 7) is 1.86. The van der Waals surface area contributed by atoms with Crippen LogP contribution in [-0.2, 0) is 0 Å². The second-order valence-electron chi connectivity index (χ2n) is 5.13. The standard InChI is InChI=1S/C18H15FN2O/c1-2-17(22)18-15(11-20)14-5-3-4-6-16(14)21(18)13-9-7-12(19)8-10-13/h3-10,17,22H,2H2,1H3. The van der Waals surface area contributed by atoms with Crippen LogP contribution in [0.15, 0.2) is 48.5 Å². The molecule has 1 heterocycles. The van der Waals surface area contributed by atoms with Crippen LogP contribution in [0.4, 0.5) is 4.39 Å². The molecule has 0 radical (unpaired) electrons. The molecule has 0 saturated carbocycles. The minimum absolute atomic E-state index is 0.321. The first-order valence-electron chi connectivity index (χ1n) is 7.14. The molecule has 0 saturated heterocycles. The topological polar surface area (TPSA) is 48.9 Å². The molecular weight excluding hydrogens is 279 g/mol. The summed E-state index contributed by atoms with van der Waals surface area (Å²) < 4.78 is 15.0. The van der Waals surface area contributed by atoms with Crippen molar-refractivity contribution in [2.75, 3.05) is 0 Å². The fourth-order valence-corrected chi connectivity index (χ4v) is 2.75. The van der Waals surface area contributed by atoms with E-state index < -0.39 is 6.10 Å². The molecule has 1 unspecified atom stereocenters. The Bertz CT molecular complexity index is 859. The number of aliphatic hydroxyl groups excluding tert-OH is 1. The van der Waals surface area contributed by atoms with Gasteiger partial charge in [-0.15, -0.1) is 0 Å². The van der Waals surface area contributed by atoms with Gasteiger partial charge in [0.05, 0.1) is 22.9 Å². The first-order valence-corrected chi connectivity index (χ1v) is 7.14. The number of fused-ring (bicyclic) bond motifs is 1. The van der Waals surface area contributed by atoms with Crippen molar-refractivity contribution in [3.05, 3.63) is 65.6 Å². The van der Waals surface area contributed by atoms with E-state index in [0.29, 0.717) is 17.7 Å². The van der Waals surface area contributed by atoms with Crippen molar-refractivity contribution < 1.29 is 9.50 Å². The monoisotopic (exact) mass is 294 g/mol. The highest BCUT2D eigenvalue weighted by Crippen LogP contribution is 2.33. The van der Waals surface area contributed by atoms with Gasteiger partial charge in [-0.1, -0.05) is 25.1 Å². The fourth-order valence-electron chi connectivity index (χ4n) is 2.75. The van der Waals surface area contributed by atoms with Crippen molar-refractivity contribution >= 4 is 10.9 Å². The summed E-state index contributed by atoms with van der Waals surface area (Å²) in [6.07, 6.45) is -0.265. The molecule has 0 aliphatic rings. The van der Waals surface area contributed by atoms with Crippen LogP contribution in [0.1, 0.15) is 30.7 Å². The van der Waals surface area contributed by atoms with Crippen molar-refractivity contribution in [1.29, 1.82) is 5.26 Å². The van der Waals surface area contributed by atoms with Crippen molar-refractivity contribution in [1.82, 2.24) is 4.57 Å². The van der Waals surface area contributed by atoms with Gasteiger partial charge in [0.1, 0.15) is 11.9 Å². The maximum Gasteiger partial charge on any atom is 0.123 e. The minimum Gasteiger partial charge on any atom is -0.387 e. The lowest BCUT2D eigenvalue weighted by Gasteiger charge is -2.15. The zero-order valence-corrected chi connectivity index (χ0v) is 12.1. The molecule has 3 nitrogen and oxygen atoms in total.